The smallest absolute Gasteiger partial charge is 0.0418 e. The molecule has 0 atom stereocenters. The highest BCUT2D eigenvalue weighted by Gasteiger charge is 2.16. The van der Waals surface area contributed by atoms with Gasteiger partial charge in [0.15, 0.2) is 0 Å². The van der Waals surface area contributed by atoms with Crippen LogP contribution >= 0.6 is 31.9 Å². The Balaban J connectivity index is 2.35. The number of benzene rings is 1. The molecule has 0 saturated carbocycles. The molecule has 0 aliphatic carbocycles. The van der Waals surface area contributed by atoms with Gasteiger partial charge in [0.25, 0.3) is 0 Å². The Morgan fingerprint density at radius 3 is 2.57 bits per heavy atom. The van der Waals surface area contributed by atoms with E-state index in [0.717, 1.165) is 5.33 Å². The zero-order chi connectivity index (χ0) is 9.97. The predicted molar refractivity (Wildman–Crippen MR) is 68.2 cm³/mol. The Kier molecular flexibility index (Phi) is 3.50. The van der Waals surface area contributed by atoms with Crippen molar-refractivity contribution >= 4 is 37.5 Å². The topological polar surface area (TPSA) is 3.24 Å². The molecule has 1 saturated heterocycles. The van der Waals surface area contributed by atoms with Gasteiger partial charge in [-0.1, -0.05) is 37.9 Å². The number of rotatable bonds is 2. The first kappa shape index (κ1) is 10.5. The number of halogens is 2. The van der Waals surface area contributed by atoms with Crippen molar-refractivity contribution < 1.29 is 0 Å². The third-order valence-electron chi connectivity index (χ3n) is 2.67. The number of alkyl halides is 1. The molecule has 2 rings (SSSR count). The molecule has 0 unspecified atom stereocenters. The van der Waals surface area contributed by atoms with Crippen LogP contribution in [-0.4, -0.2) is 13.1 Å². The molecule has 0 radical (unpaired) electrons. The molecule has 1 aliphatic heterocycles. The highest BCUT2D eigenvalue weighted by atomic mass is 79.9. The second-order valence-electron chi connectivity index (χ2n) is 3.57. The van der Waals surface area contributed by atoms with E-state index < -0.39 is 0 Å². The first-order valence-electron chi connectivity index (χ1n) is 4.91. The van der Waals surface area contributed by atoms with Crippen LogP contribution in [0.2, 0.25) is 0 Å². The van der Waals surface area contributed by atoms with Crippen molar-refractivity contribution in [3.8, 4) is 0 Å². The monoisotopic (exact) mass is 317 g/mol. The fourth-order valence-corrected chi connectivity index (χ4v) is 3.40. The molecule has 0 amide bonds. The van der Waals surface area contributed by atoms with Gasteiger partial charge in [0.05, 0.1) is 0 Å². The molecule has 1 nitrogen and oxygen atoms in total. The van der Waals surface area contributed by atoms with Crippen molar-refractivity contribution in [2.45, 2.75) is 18.2 Å². The van der Waals surface area contributed by atoms with Crippen LogP contribution in [0.15, 0.2) is 22.7 Å². The predicted octanol–water partition coefficient (Wildman–Crippen LogP) is 3.94. The van der Waals surface area contributed by atoms with Gasteiger partial charge in [-0.15, -0.1) is 0 Å². The fraction of sp³-hybridized carbons (Fsp3) is 0.455. The van der Waals surface area contributed by atoms with Crippen molar-refractivity contribution in [3.63, 3.8) is 0 Å². The molecule has 1 aromatic rings. The average Bonchev–Trinajstić information content (AvgIpc) is 2.70. The maximum atomic E-state index is 3.60. The normalized spacial score (nSPS) is 16.3. The van der Waals surface area contributed by atoms with E-state index in [4.69, 9.17) is 0 Å². The largest absolute Gasteiger partial charge is 0.371 e. The first-order chi connectivity index (χ1) is 6.83. The molecule has 1 fully saturated rings. The summed E-state index contributed by atoms with van der Waals surface area (Å²) in [7, 11) is 0. The molecule has 1 heterocycles. The first-order valence-corrected chi connectivity index (χ1v) is 6.82. The van der Waals surface area contributed by atoms with Gasteiger partial charge in [0.1, 0.15) is 0 Å². The Morgan fingerprint density at radius 1 is 1.21 bits per heavy atom. The van der Waals surface area contributed by atoms with Crippen LogP contribution in [-0.2, 0) is 5.33 Å². The molecule has 0 spiro atoms. The number of hydrogen-bond acceptors (Lipinski definition) is 1. The van der Waals surface area contributed by atoms with Gasteiger partial charge in [-0.05, 0) is 25.0 Å². The molecule has 1 aromatic carbocycles. The van der Waals surface area contributed by atoms with E-state index in [0.29, 0.717) is 0 Å². The number of anilines is 1. The van der Waals surface area contributed by atoms with Crippen molar-refractivity contribution in [1.82, 2.24) is 0 Å². The van der Waals surface area contributed by atoms with Gasteiger partial charge in [-0.3, -0.25) is 0 Å². The molecule has 14 heavy (non-hydrogen) atoms. The van der Waals surface area contributed by atoms with Gasteiger partial charge in [0.2, 0.25) is 0 Å². The Hall–Kier alpha value is -0.0200. The zero-order valence-corrected chi connectivity index (χ0v) is 11.1. The minimum absolute atomic E-state index is 0.917. The summed E-state index contributed by atoms with van der Waals surface area (Å²) < 4.78 is 1.21. The Bertz CT molecular complexity index is 319. The van der Waals surface area contributed by atoms with Gasteiger partial charge in [-0.2, -0.15) is 0 Å². The van der Waals surface area contributed by atoms with Crippen LogP contribution in [0.3, 0.4) is 0 Å². The van der Waals surface area contributed by atoms with E-state index in [1.54, 1.807) is 0 Å². The summed E-state index contributed by atoms with van der Waals surface area (Å²) in [4.78, 5) is 2.47. The number of hydrogen-bond donors (Lipinski definition) is 0. The second kappa shape index (κ2) is 4.67. The summed E-state index contributed by atoms with van der Waals surface area (Å²) in [5.74, 6) is 0. The van der Waals surface area contributed by atoms with Gasteiger partial charge >= 0.3 is 0 Å². The summed E-state index contributed by atoms with van der Waals surface area (Å²) in [6.45, 7) is 2.41. The van der Waals surface area contributed by atoms with E-state index in [1.807, 2.05) is 0 Å². The van der Waals surface area contributed by atoms with Gasteiger partial charge < -0.3 is 4.90 Å². The quantitative estimate of drug-likeness (QED) is 0.746. The van der Waals surface area contributed by atoms with Crippen LogP contribution < -0.4 is 4.90 Å². The van der Waals surface area contributed by atoms with Crippen molar-refractivity contribution in [1.29, 1.82) is 0 Å². The Morgan fingerprint density at radius 2 is 1.93 bits per heavy atom. The van der Waals surface area contributed by atoms with Crippen LogP contribution in [0.5, 0.6) is 0 Å². The molecule has 0 aromatic heterocycles. The lowest BCUT2D eigenvalue weighted by atomic mass is 10.2. The van der Waals surface area contributed by atoms with Gasteiger partial charge in [0, 0.05) is 34.1 Å². The van der Waals surface area contributed by atoms with Crippen molar-refractivity contribution in [2.75, 3.05) is 18.0 Å². The average molecular weight is 319 g/mol. The summed E-state index contributed by atoms with van der Waals surface area (Å²) in [6.07, 6.45) is 2.66. The van der Waals surface area contributed by atoms with Crippen molar-refractivity contribution in [2.24, 2.45) is 0 Å². The lowest BCUT2D eigenvalue weighted by Crippen LogP contribution is -2.19. The molecule has 3 heteroatoms. The van der Waals surface area contributed by atoms with Crippen LogP contribution in [0, 0.1) is 0 Å². The standard InChI is InChI=1S/C11H13Br2N/c12-8-9-10(13)4-3-5-11(9)14-6-1-2-7-14/h3-5H,1-2,6-8H2. The highest BCUT2D eigenvalue weighted by molar-refractivity contribution is 9.10. The van der Waals surface area contributed by atoms with Crippen LogP contribution in [0.1, 0.15) is 18.4 Å². The third-order valence-corrected chi connectivity index (χ3v) is 3.98. The SMILES string of the molecule is BrCc1c(Br)cccc1N1CCCC1. The summed E-state index contributed by atoms with van der Waals surface area (Å²) in [5, 5.41) is 0.917. The lowest BCUT2D eigenvalue weighted by molar-refractivity contribution is 0.949. The zero-order valence-electron chi connectivity index (χ0n) is 7.97. The summed E-state index contributed by atoms with van der Waals surface area (Å²) in [6, 6.07) is 6.44. The third kappa shape index (κ3) is 1.98. The van der Waals surface area contributed by atoms with E-state index in [2.05, 4.69) is 55.0 Å². The molecule has 1 aliphatic rings. The van der Waals surface area contributed by atoms with E-state index >= 15 is 0 Å². The molecular weight excluding hydrogens is 306 g/mol. The molecule has 76 valence electrons. The van der Waals surface area contributed by atoms with Crippen LogP contribution in [0.4, 0.5) is 5.69 Å². The number of nitrogens with zero attached hydrogens (tertiary/aromatic N) is 1. The molecule has 0 N–H and O–H groups in total. The van der Waals surface area contributed by atoms with E-state index in [9.17, 15) is 0 Å². The van der Waals surface area contributed by atoms with E-state index in [1.165, 1.54) is 41.7 Å². The molecular formula is C11H13Br2N. The minimum Gasteiger partial charge on any atom is -0.371 e. The van der Waals surface area contributed by atoms with Crippen molar-refractivity contribution in [3.05, 3.63) is 28.2 Å². The molecule has 0 bridgehead atoms. The second-order valence-corrected chi connectivity index (χ2v) is 4.98. The van der Waals surface area contributed by atoms with E-state index in [-0.39, 0.29) is 0 Å². The van der Waals surface area contributed by atoms with Gasteiger partial charge in [-0.25, -0.2) is 0 Å². The maximum Gasteiger partial charge on any atom is 0.0418 e. The van der Waals surface area contributed by atoms with Crippen LogP contribution in [0.25, 0.3) is 0 Å². The minimum atomic E-state index is 0.917. The highest BCUT2D eigenvalue weighted by Crippen LogP contribution is 2.31. The summed E-state index contributed by atoms with van der Waals surface area (Å²) in [5.41, 5.74) is 2.75. The Labute approximate surface area is 102 Å². The fourth-order valence-electron chi connectivity index (χ4n) is 1.93. The maximum absolute atomic E-state index is 3.60. The summed E-state index contributed by atoms with van der Waals surface area (Å²) >= 11 is 7.15. The lowest BCUT2D eigenvalue weighted by Gasteiger charge is -2.21.